The maximum absolute atomic E-state index is 7.17. The Hall–Kier alpha value is -7.94. The molecule has 0 bridgehead atoms. The monoisotopic (exact) mass is 803 g/mol. The normalized spacial score (nSPS) is 13.0. The van der Waals surface area contributed by atoms with Crippen molar-refractivity contribution < 1.29 is 4.42 Å². The van der Waals surface area contributed by atoms with Crippen LogP contribution in [0.2, 0.25) is 0 Å². The maximum Gasteiger partial charge on any atom is 0.143 e. The Morgan fingerprint density at radius 3 is 1.63 bits per heavy atom. The fourth-order valence-electron chi connectivity index (χ4n) is 10.8. The summed E-state index contributed by atoms with van der Waals surface area (Å²) >= 11 is 0. The molecule has 2 heteroatoms. The topological polar surface area (TPSA) is 16.4 Å². The molecule has 1 aromatic heterocycles. The van der Waals surface area contributed by atoms with Crippen LogP contribution >= 0.6 is 0 Å². The van der Waals surface area contributed by atoms with Crippen LogP contribution in [0.4, 0.5) is 17.1 Å². The van der Waals surface area contributed by atoms with E-state index in [0.29, 0.717) is 0 Å². The first-order chi connectivity index (χ1) is 31.0. The zero-order valence-corrected chi connectivity index (χ0v) is 35.1. The van der Waals surface area contributed by atoms with E-state index < -0.39 is 0 Å². The van der Waals surface area contributed by atoms with E-state index in [1.165, 1.54) is 82.0 Å². The first-order valence-electron chi connectivity index (χ1n) is 21.9. The number of hydrogen-bond donors (Lipinski definition) is 0. The molecular weight excluding hydrogens is 763 g/mol. The van der Waals surface area contributed by atoms with Crippen LogP contribution in [0.3, 0.4) is 0 Å². The molecule has 296 valence electrons. The number of benzene rings is 11. The molecule has 0 unspecified atom stereocenters. The zero-order valence-electron chi connectivity index (χ0n) is 35.1. The van der Waals surface area contributed by atoms with Crippen LogP contribution < -0.4 is 4.90 Å². The molecule has 0 aliphatic heterocycles. The van der Waals surface area contributed by atoms with Gasteiger partial charge < -0.3 is 9.32 Å². The summed E-state index contributed by atoms with van der Waals surface area (Å²) < 4.78 is 7.17. The van der Waals surface area contributed by atoms with Gasteiger partial charge in [-0.05, 0) is 131 Å². The molecular formula is C61H41NO. The van der Waals surface area contributed by atoms with Crippen molar-refractivity contribution in [1.29, 1.82) is 0 Å². The molecule has 0 saturated carbocycles. The SMILES string of the molecule is CC1(C)c2ccccc2-c2ccc(-c3c4ccccc4cc4c3oc3cc(N(c5ccc(-c6ccccc6)cc5)c5ccc6c7ccccc7c7ccccc7c6c5)ccc34)cc21. The van der Waals surface area contributed by atoms with Crippen molar-refractivity contribution in [1.82, 2.24) is 0 Å². The van der Waals surface area contributed by atoms with E-state index >= 15 is 0 Å². The summed E-state index contributed by atoms with van der Waals surface area (Å²) in [5, 5.41) is 12.1. The number of furan rings is 1. The van der Waals surface area contributed by atoms with Gasteiger partial charge in [0.2, 0.25) is 0 Å². The summed E-state index contributed by atoms with van der Waals surface area (Å²) in [4.78, 5) is 2.38. The molecule has 0 atom stereocenters. The predicted octanol–water partition coefficient (Wildman–Crippen LogP) is 17.3. The fraction of sp³-hybridized carbons (Fsp3) is 0.0492. The lowest BCUT2D eigenvalue weighted by atomic mass is 9.81. The van der Waals surface area contributed by atoms with Crippen molar-refractivity contribution in [2.24, 2.45) is 0 Å². The molecule has 0 N–H and O–H groups in total. The molecule has 12 aromatic rings. The Morgan fingerprint density at radius 2 is 0.889 bits per heavy atom. The average molecular weight is 804 g/mol. The summed E-state index contributed by atoms with van der Waals surface area (Å²) in [6.45, 7) is 4.70. The molecule has 13 rings (SSSR count). The second-order valence-corrected chi connectivity index (χ2v) is 17.6. The Kier molecular flexibility index (Phi) is 7.68. The number of anilines is 3. The molecule has 1 aliphatic rings. The van der Waals surface area contributed by atoms with Crippen LogP contribution in [0.15, 0.2) is 217 Å². The van der Waals surface area contributed by atoms with Crippen LogP contribution in [0.25, 0.3) is 98.4 Å². The molecule has 0 spiro atoms. The van der Waals surface area contributed by atoms with E-state index in [1.807, 2.05) is 0 Å². The highest BCUT2D eigenvalue weighted by Crippen LogP contribution is 2.51. The van der Waals surface area contributed by atoms with Gasteiger partial charge in [0.1, 0.15) is 11.2 Å². The fourth-order valence-corrected chi connectivity index (χ4v) is 10.8. The lowest BCUT2D eigenvalue weighted by Gasteiger charge is -2.26. The Balaban J connectivity index is 1.02. The quantitative estimate of drug-likeness (QED) is 0.161. The van der Waals surface area contributed by atoms with E-state index in [1.54, 1.807) is 0 Å². The van der Waals surface area contributed by atoms with Crippen molar-refractivity contribution in [3.63, 3.8) is 0 Å². The third kappa shape index (κ3) is 5.38. The van der Waals surface area contributed by atoms with Gasteiger partial charge in [0.15, 0.2) is 0 Å². The van der Waals surface area contributed by atoms with Gasteiger partial charge in [-0.2, -0.15) is 0 Å². The van der Waals surface area contributed by atoms with E-state index in [9.17, 15) is 0 Å². The van der Waals surface area contributed by atoms with Crippen LogP contribution in [0.5, 0.6) is 0 Å². The van der Waals surface area contributed by atoms with Crippen LogP contribution in [0, 0.1) is 0 Å². The minimum Gasteiger partial charge on any atom is -0.455 e. The van der Waals surface area contributed by atoms with Gasteiger partial charge >= 0.3 is 0 Å². The Labute approximate surface area is 365 Å². The second kappa shape index (κ2) is 13.5. The molecule has 0 amide bonds. The molecule has 11 aromatic carbocycles. The van der Waals surface area contributed by atoms with Gasteiger partial charge in [-0.15, -0.1) is 0 Å². The molecule has 0 fully saturated rings. The minimum atomic E-state index is -0.112. The highest BCUT2D eigenvalue weighted by molar-refractivity contribution is 6.26. The first kappa shape index (κ1) is 35.8. The third-order valence-corrected chi connectivity index (χ3v) is 13.8. The van der Waals surface area contributed by atoms with E-state index in [-0.39, 0.29) is 5.41 Å². The molecule has 0 saturated heterocycles. The van der Waals surface area contributed by atoms with Crippen LogP contribution in [-0.4, -0.2) is 0 Å². The molecule has 1 heterocycles. The lowest BCUT2D eigenvalue weighted by molar-refractivity contribution is 0.660. The third-order valence-electron chi connectivity index (χ3n) is 13.8. The van der Waals surface area contributed by atoms with Crippen molar-refractivity contribution in [3.05, 3.63) is 223 Å². The maximum atomic E-state index is 7.17. The van der Waals surface area contributed by atoms with Gasteiger partial charge in [0, 0.05) is 44.9 Å². The lowest BCUT2D eigenvalue weighted by Crippen LogP contribution is -2.14. The number of hydrogen-bond acceptors (Lipinski definition) is 2. The van der Waals surface area contributed by atoms with E-state index in [0.717, 1.165) is 44.6 Å². The van der Waals surface area contributed by atoms with Crippen LogP contribution in [-0.2, 0) is 5.41 Å². The summed E-state index contributed by atoms with van der Waals surface area (Å²) in [6, 6.07) is 77.8. The van der Waals surface area contributed by atoms with Crippen molar-refractivity contribution >= 4 is 82.1 Å². The highest BCUT2D eigenvalue weighted by atomic mass is 16.3. The largest absolute Gasteiger partial charge is 0.455 e. The minimum absolute atomic E-state index is 0.112. The van der Waals surface area contributed by atoms with E-state index in [2.05, 4.69) is 231 Å². The number of fused-ring (bicyclic) bond motifs is 13. The smallest absolute Gasteiger partial charge is 0.143 e. The molecule has 0 radical (unpaired) electrons. The van der Waals surface area contributed by atoms with Gasteiger partial charge in [-0.3, -0.25) is 0 Å². The Bertz CT molecular complexity index is 3780. The first-order valence-corrected chi connectivity index (χ1v) is 21.9. The van der Waals surface area contributed by atoms with Crippen LogP contribution in [0.1, 0.15) is 25.0 Å². The van der Waals surface area contributed by atoms with E-state index in [4.69, 9.17) is 4.42 Å². The highest BCUT2D eigenvalue weighted by Gasteiger charge is 2.35. The molecule has 1 aliphatic carbocycles. The number of rotatable bonds is 5. The summed E-state index contributed by atoms with van der Waals surface area (Å²) in [6.07, 6.45) is 0. The molecule has 2 nitrogen and oxygen atoms in total. The van der Waals surface area contributed by atoms with Gasteiger partial charge in [-0.1, -0.05) is 172 Å². The van der Waals surface area contributed by atoms with Crippen molar-refractivity contribution in [2.45, 2.75) is 19.3 Å². The standard InChI is InChI=1S/C61H41NO/c1-61(2)56-23-13-12-22-51(56)52-31-26-41(35-57(52)61)59-45-17-7-6-16-40(45)34-55-53-33-30-44(37-58(53)63-60(55)59)62(42-27-24-39(25-28-42)38-14-4-3-5-15-38)43-29-32-50-48-20-9-8-18-46(48)47-19-10-11-21-49(47)54(50)36-43/h3-37H,1-2H3. The number of nitrogens with zero attached hydrogens (tertiary/aromatic N) is 1. The molecule has 63 heavy (non-hydrogen) atoms. The summed E-state index contributed by atoms with van der Waals surface area (Å²) in [7, 11) is 0. The van der Waals surface area contributed by atoms with Gasteiger partial charge in [0.05, 0.1) is 0 Å². The Morgan fingerprint density at radius 1 is 0.349 bits per heavy atom. The zero-order chi connectivity index (χ0) is 41.8. The van der Waals surface area contributed by atoms with Gasteiger partial charge in [0.25, 0.3) is 0 Å². The average Bonchev–Trinajstić information content (AvgIpc) is 3.81. The second-order valence-electron chi connectivity index (χ2n) is 17.6. The summed E-state index contributed by atoms with van der Waals surface area (Å²) in [5.74, 6) is 0. The van der Waals surface area contributed by atoms with Crippen molar-refractivity contribution in [3.8, 4) is 33.4 Å². The van der Waals surface area contributed by atoms with Crippen molar-refractivity contribution in [2.75, 3.05) is 4.90 Å². The predicted molar refractivity (Wildman–Crippen MR) is 267 cm³/mol. The van der Waals surface area contributed by atoms with Gasteiger partial charge in [-0.25, -0.2) is 0 Å². The summed E-state index contributed by atoms with van der Waals surface area (Å²) in [5.41, 5.74) is 14.9.